The van der Waals surface area contributed by atoms with Crippen LogP contribution in [0, 0.1) is 20.8 Å². The van der Waals surface area contributed by atoms with Gasteiger partial charge in [0.2, 0.25) is 0 Å². The van der Waals surface area contributed by atoms with Crippen LogP contribution in [0.1, 0.15) is 47.9 Å². The molecule has 0 spiro atoms. The number of hydrogen-bond acceptors (Lipinski definition) is 1. The second kappa shape index (κ2) is 5.05. The van der Waals surface area contributed by atoms with E-state index >= 15 is 0 Å². The smallest absolute Gasteiger partial charge is 0.00763 e. The van der Waals surface area contributed by atoms with Gasteiger partial charge < -0.3 is 5.73 Å². The maximum atomic E-state index is 6.04. The molecule has 0 heterocycles. The van der Waals surface area contributed by atoms with Crippen molar-refractivity contribution in [3.8, 4) is 0 Å². The minimum atomic E-state index is 0.376. The number of hydrogen-bond donors (Lipinski definition) is 1. The van der Waals surface area contributed by atoms with Crippen molar-refractivity contribution >= 4 is 6.08 Å². The van der Waals surface area contributed by atoms with Gasteiger partial charge in [-0.3, -0.25) is 0 Å². The van der Waals surface area contributed by atoms with E-state index in [1.165, 1.54) is 47.1 Å². The monoisotopic (exact) mass is 229 g/mol. The summed E-state index contributed by atoms with van der Waals surface area (Å²) in [5.41, 5.74) is 13.1. The first kappa shape index (κ1) is 12.4. The summed E-state index contributed by atoms with van der Waals surface area (Å²) in [6.07, 6.45) is 7.11. The van der Waals surface area contributed by atoms with E-state index < -0.39 is 0 Å². The fourth-order valence-electron chi connectivity index (χ4n) is 2.89. The van der Waals surface area contributed by atoms with E-state index in [4.69, 9.17) is 5.73 Å². The van der Waals surface area contributed by atoms with E-state index in [1.54, 1.807) is 0 Å². The Balaban J connectivity index is 2.31. The third-order valence-electron chi connectivity index (χ3n) is 3.68. The van der Waals surface area contributed by atoms with Crippen molar-refractivity contribution < 1.29 is 0 Å². The van der Waals surface area contributed by atoms with E-state index in [-0.39, 0.29) is 0 Å². The maximum Gasteiger partial charge on any atom is 0.00763 e. The highest BCUT2D eigenvalue weighted by Crippen LogP contribution is 2.27. The molecule has 1 unspecified atom stereocenters. The molecule has 0 bridgehead atoms. The first-order valence-corrected chi connectivity index (χ1v) is 6.59. The number of rotatable bonds is 1. The SMILES string of the molecule is Cc1cc(C)c(C=C2CCCC(N)C2)c(C)c1. The fourth-order valence-corrected chi connectivity index (χ4v) is 2.89. The molecule has 17 heavy (non-hydrogen) atoms. The van der Waals surface area contributed by atoms with Gasteiger partial charge >= 0.3 is 0 Å². The topological polar surface area (TPSA) is 26.0 Å². The van der Waals surface area contributed by atoms with Gasteiger partial charge in [-0.05, 0) is 63.1 Å². The Hall–Kier alpha value is -1.08. The third-order valence-corrected chi connectivity index (χ3v) is 3.68. The molecule has 1 heteroatoms. The van der Waals surface area contributed by atoms with Gasteiger partial charge in [0.15, 0.2) is 0 Å². The van der Waals surface area contributed by atoms with Crippen LogP contribution in [0.5, 0.6) is 0 Å². The van der Waals surface area contributed by atoms with E-state index in [0.29, 0.717) is 6.04 Å². The van der Waals surface area contributed by atoms with Crippen molar-refractivity contribution in [1.29, 1.82) is 0 Å². The fraction of sp³-hybridized carbons (Fsp3) is 0.500. The van der Waals surface area contributed by atoms with Gasteiger partial charge in [0.25, 0.3) is 0 Å². The Kier molecular flexibility index (Phi) is 3.68. The molecule has 0 radical (unpaired) electrons. The Labute approximate surface area is 105 Å². The standard InChI is InChI=1S/C16H23N/c1-11-7-12(2)16(13(3)8-11)10-14-5-4-6-15(17)9-14/h7-8,10,15H,4-6,9,17H2,1-3H3. The zero-order chi connectivity index (χ0) is 12.4. The van der Waals surface area contributed by atoms with Gasteiger partial charge in [-0.15, -0.1) is 0 Å². The lowest BCUT2D eigenvalue weighted by Crippen LogP contribution is -2.23. The predicted octanol–water partition coefficient (Wildman–Crippen LogP) is 3.90. The molecule has 1 saturated carbocycles. The van der Waals surface area contributed by atoms with Crippen LogP contribution in [0.4, 0.5) is 0 Å². The Morgan fingerprint density at radius 1 is 1.18 bits per heavy atom. The number of benzene rings is 1. The molecule has 1 aromatic carbocycles. The average molecular weight is 229 g/mol. The van der Waals surface area contributed by atoms with Crippen molar-refractivity contribution in [2.45, 2.75) is 52.5 Å². The highest BCUT2D eigenvalue weighted by atomic mass is 14.6. The molecule has 0 aliphatic heterocycles. The van der Waals surface area contributed by atoms with Crippen LogP contribution >= 0.6 is 0 Å². The normalized spacial score (nSPS) is 23.1. The first-order valence-electron chi connectivity index (χ1n) is 6.59. The molecule has 0 aromatic heterocycles. The third kappa shape index (κ3) is 2.98. The number of aryl methyl sites for hydroxylation is 3. The second-order valence-electron chi connectivity index (χ2n) is 5.47. The minimum Gasteiger partial charge on any atom is -0.327 e. The summed E-state index contributed by atoms with van der Waals surface area (Å²) in [5.74, 6) is 0. The summed E-state index contributed by atoms with van der Waals surface area (Å²) in [7, 11) is 0. The van der Waals surface area contributed by atoms with Crippen LogP contribution in [0.25, 0.3) is 6.08 Å². The molecule has 1 fully saturated rings. The Morgan fingerprint density at radius 2 is 1.82 bits per heavy atom. The van der Waals surface area contributed by atoms with Crippen LogP contribution in [0.15, 0.2) is 17.7 Å². The van der Waals surface area contributed by atoms with Crippen molar-refractivity contribution in [1.82, 2.24) is 0 Å². The molecule has 1 aliphatic carbocycles. The van der Waals surface area contributed by atoms with Gasteiger partial charge in [0.1, 0.15) is 0 Å². The van der Waals surface area contributed by atoms with Crippen LogP contribution < -0.4 is 5.73 Å². The summed E-state index contributed by atoms with van der Waals surface area (Å²) in [6.45, 7) is 6.57. The Bertz CT molecular complexity index is 420. The molecule has 1 aromatic rings. The van der Waals surface area contributed by atoms with E-state index in [9.17, 15) is 0 Å². The predicted molar refractivity (Wildman–Crippen MR) is 75.1 cm³/mol. The summed E-state index contributed by atoms with van der Waals surface area (Å²) < 4.78 is 0. The van der Waals surface area contributed by atoms with Gasteiger partial charge in [-0.2, -0.15) is 0 Å². The van der Waals surface area contributed by atoms with E-state index in [1.807, 2.05) is 0 Å². The Morgan fingerprint density at radius 3 is 2.41 bits per heavy atom. The van der Waals surface area contributed by atoms with Crippen LogP contribution in [-0.4, -0.2) is 6.04 Å². The molecule has 0 saturated heterocycles. The first-order chi connectivity index (χ1) is 8.06. The van der Waals surface area contributed by atoms with Crippen molar-refractivity contribution in [3.05, 3.63) is 40.0 Å². The summed E-state index contributed by atoms with van der Waals surface area (Å²) in [5, 5.41) is 0. The zero-order valence-electron chi connectivity index (χ0n) is 11.2. The largest absolute Gasteiger partial charge is 0.327 e. The minimum absolute atomic E-state index is 0.376. The van der Waals surface area contributed by atoms with Crippen molar-refractivity contribution in [2.75, 3.05) is 0 Å². The van der Waals surface area contributed by atoms with Gasteiger partial charge in [-0.25, -0.2) is 0 Å². The molecule has 1 aliphatic rings. The number of nitrogens with two attached hydrogens (primary N) is 1. The lowest BCUT2D eigenvalue weighted by molar-refractivity contribution is 0.520. The summed E-state index contributed by atoms with van der Waals surface area (Å²) in [6, 6.07) is 4.91. The van der Waals surface area contributed by atoms with E-state index in [2.05, 4.69) is 39.0 Å². The quantitative estimate of drug-likeness (QED) is 0.776. The molecular formula is C16H23N. The van der Waals surface area contributed by atoms with Crippen LogP contribution in [0.2, 0.25) is 0 Å². The maximum absolute atomic E-state index is 6.04. The van der Waals surface area contributed by atoms with Gasteiger partial charge in [-0.1, -0.05) is 29.3 Å². The van der Waals surface area contributed by atoms with Crippen LogP contribution in [-0.2, 0) is 0 Å². The summed E-state index contributed by atoms with van der Waals surface area (Å²) in [4.78, 5) is 0. The van der Waals surface area contributed by atoms with Gasteiger partial charge in [0, 0.05) is 6.04 Å². The highest BCUT2D eigenvalue weighted by Gasteiger charge is 2.13. The van der Waals surface area contributed by atoms with E-state index in [0.717, 1.165) is 6.42 Å². The molecule has 1 nitrogen and oxygen atoms in total. The molecule has 92 valence electrons. The molecule has 0 amide bonds. The van der Waals surface area contributed by atoms with Crippen molar-refractivity contribution in [2.24, 2.45) is 5.73 Å². The lowest BCUT2D eigenvalue weighted by Gasteiger charge is -2.21. The molecular weight excluding hydrogens is 206 g/mol. The van der Waals surface area contributed by atoms with Crippen molar-refractivity contribution in [3.63, 3.8) is 0 Å². The summed E-state index contributed by atoms with van der Waals surface area (Å²) >= 11 is 0. The van der Waals surface area contributed by atoms with Crippen LogP contribution in [0.3, 0.4) is 0 Å². The lowest BCUT2D eigenvalue weighted by atomic mass is 9.88. The molecule has 1 atom stereocenters. The zero-order valence-corrected chi connectivity index (χ0v) is 11.2. The molecule has 2 rings (SSSR count). The molecule has 2 N–H and O–H groups in total. The average Bonchev–Trinajstić information content (AvgIpc) is 2.23. The highest BCUT2D eigenvalue weighted by molar-refractivity contribution is 5.61. The second-order valence-corrected chi connectivity index (χ2v) is 5.47. The van der Waals surface area contributed by atoms with Gasteiger partial charge in [0.05, 0.1) is 0 Å².